The molecule has 174 valence electrons. The second-order valence-corrected chi connectivity index (χ2v) is 8.52. The van der Waals surface area contributed by atoms with Crippen LogP contribution in [-0.4, -0.2) is 79.8 Å². The molecular weight excluding hydrogens is 412 g/mol. The second-order valence-electron chi connectivity index (χ2n) is 8.52. The van der Waals surface area contributed by atoms with Crippen molar-refractivity contribution in [1.82, 2.24) is 10.6 Å². The number of esters is 1. The summed E-state index contributed by atoms with van der Waals surface area (Å²) in [5, 5.41) is 4.90. The lowest BCUT2D eigenvalue weighted by Gasteiger charge is -2.36. The highest BCUT2D eigenvalue weighted by molar-refractivity contribution is 5.93. The third-order valence-corrected chi connectivity index (χ3v) is 5.01. The molecule has 0 spiro atoms. The first kappa shape index (κ1) is 23.6. The van der Waals surface area contributed by atoms with Gasteiger partial charge in [0.25, 0.3) is 0 Å². The fraction of sp³-hybridized carbons (Fsp3) is 0.750. The molecule has 2 N–H and O–H groups in total. The van der Waals surface area contributed by atoms with Crippen LogP contribution in [0.2, 0.25) is 0 Å². The highest BCUT2D eigenvalue weighted by Gasteiger charge is 2.60. The fourth-order valence-corrected chi connectivity index (χ4v) is 3.69. The zero-order valence-electron chi connectivity index (χ0n) is 18.5. The second kappa shape index (κ2) is 8.83. The van der Waals surface area contributed by atoms with E-state index in [0.29, 0.717) is 0 Å². The third-order valence-electron chi connectivity index (χ3n) is 5.01. The van der Waals surface area contributed by atoms with E-state index in [9.17, 15) is 14.4 Å². The van der Waals surface area contributed by atoms with E-state index < -0.39 is 66.1 Å². The molecule has 3 aliphatic heterocycles. The molecule has 0 radical (unpaired) electrons. The lowest BCUT2D eigenvalue weighted by molar-refractivity contribution is -0.222. The third kappa shape index (κ3) is 5.60. The number of hydrogen-bond acceptors (Lipinski definition) is 9. The predicted octanol–water partition coefficient (Wildman–Crippen LogP) is -0.267. The van der Waals surface area contributed by atoms with Crippen LogP contribution in [0.25, 0.3) is 0 Å². The van der Waals surface area contributed by atoms with Crippen molar-refractivity contribution in [2.24, 2.45) is 0 Å². The minimum Gasteiger partial charge on any atom is -0.468 e. The van der Waals surface area contributed by atoms with Gasteiger partial charge in [0.15, 0.2) is 17.9 Å². The quantitative estimate of drug-likeness (QED) is 0.422. The predicted molar refractivity (Wildman–Crippen MR) is 104 cm³/mol. The van der Waals surface area contributed by atoms with Gasteiger partial charge in [-0.05, 0) is 40.7 Å². The number of carbonyl (C=O) groups excluding carboxylic acids is 3. The highest BCUT2D eigenvalue weighted by atomic mass is 16.9. The smallest absolute Gasteiger partial charge is 0.325 e. The highest BCUT2D eigenvalue weighted by Crippen LogP contribution is 2.44. The Bertz CT molecular complexity index is 751. The molecule has 0 bridgehead atoms. The van der Waals surface area contributed by atoms with Gasteiger partial charge in [0.1, 0.15) is 37.0 Å². The summed E-state index contributed by atoms with van der Waals surface area (Å²) < 4.78 is 34.2. The summed E-state index contributed by atoms with van der Waals surface area (Å²) >= 11 is 0. The monoisotopic (exact) mass is 442 g/mol. The summed E-state index contributed by atoms with van der Waals surface area (Å²) in [6.45, 7) is 8.38. The maximum Gasteiger partial charge on any atom is 0.325 e. The molecule has 0 saturated carbocycles. The standard InChI is InChI=1S/C20H30N2O9/c1-10(17(25)21-9-13(24)26-6)22-12(23)8-7-11-14-15(29-19(2,3)28-14)16-18(27-11)31-20(4,5)30-16/h7-8,10-11,14-16,18H,9H2,1-6H3,(H,21,25)(H,22,23)/b8-7+/t10-,11+,14-,15-,16+,18+/m0/s1. The van der Waals surface area contributed by atoms with Crippen LogP contribution in [0, 0.1) is 0 Å². The van der Waals surface area contributed by atoms with E-state index >= 15 is 0 Å². The number of fused-ring (bicyclic) bond motifs is 3. The topological polar surface area (TPSA) is 131 Å². The molecule has 11 nitrogen and oxygen atoms in total. The Labute approximate surface area is 180 Å². The van der Waals surface area contributed by atoms with Crippen molar-refractivity contribution in [3.8, 4) is 0 Å². The molecule has 2 amide bonds. The van der Waals surface area contributed by atoms with Crippen LogP contribution in [0.15, 0.2) is 12.2 Å². The number of hydrogen-bond donors (Lipinski definition) is 2. The molecule has 11 heteroatoms. The summed E-state index contributed by atoms with van der Waals surface area (Å²) in [6.07, 6.45) is 0.117. The van der Waals surface area contributed by atoms with Crippen LogP contribution in [0.1, 0.15) is 34.6 Å². The van der Waals surface area contributed by atoms with Gasteiger partial charge in [0.2, 0.25) is 11.8 Å². The van der Waals surface area contributed by atoms with E-state index in [1.54, 1.807) is 33.8 Å². The molecule has 0 aromatic heterocycles. The van der Waals surface area contributed by atoms with Gasteiger partial charge in [-0.25, -0.2) is 0 Å². The van der Waals surface area contributed by atoms with Crippen LogP contribution in [0.3, 0.4) is 0 Å². The minimum atomic E-state index is -0.858. The van der Waals surface area contributed by atoms with Crippen molar-refractivity contribution in [3.05, 3.63) is 12.2 Å². The van der Waals surface area contributed by atoms with Gasteiger partial charge < -0.3 is 39.1 Å². The molecule has 3 heterocycles. The molecule has 0 aliphatic carbocycles. The van der Waals surface area contributed by atoms with Crippen LogP contribution in [0.5, 0.6) is 0 Å². The minimum absolute atomic E-state index is 0.279. The van der Waals surface area contributed by atoms with Crippen LogP contribution in [-0.2, 0) is 42.8 Å². The molecule has 3 aliphatic rings. The van der Waals surface area contributed by atoms with Gasteiger partial charge >= 0.3 is 5.97 Å². The van der Waals surface area contributed by atoms with Gasteiger partial charge in [-0.15, -0.1) is 0 Å². The Balaban J connectivity index is 1.61. The van der Waals surface area contributed by atoms with Crippen LogP contribution in [0.4, 0.5) is 0 Å². The summed E-state index contributed by atoms with van der Waals surface area (Å²) in [5.74, 6) is -3.29. The van der Waals surface area contributed by atoms with E-state index in [1.807, 2.05) is 0 Å². The van der Waals surface area contributed by atoms with E-state index in [-0.39, 0.29) is 6.54 Å². The number of methoxy groups -OCH3 is 1. The van der Waals surface area contributed by atoms with Gasteiger partial charge in [0, 0.05) is 6.08 Å². The Hall–Kier alpha value is -2.05. The lowest BCUT2D eigenvalue weighted by Crippen LogP contribution is -2.54. The summed E-state index contributed by atoms with van der Waals surface area (Å²) in [5.41, 5.74) is 0. The van der Waals surface area contributed by atoms with Crippen molar-refractivity contribution in [2.45, 2.75) is 82.9 Å². The first-order valence-corrected chi connectivity index (χ1v) is 10.1. The normalized spacial score (nSPS) is 33.9. The number of rotatable bonds is 6. The van der Waals surface area contributed by atoms with Crippen LogP contribution >= 0.6 is 0 Å². The van der Waals surface area contributed by atoms with Crippen molar-refractivity contribution >= 4 is 17.8 Å². The molecule has 3 saturated heterocycles. The summed E-state index contributed by atoms with van der Waals surface area (Å²) in [7, 11) is 1.22. The molecule has 0 unspecified atom stereocenters. The van der Waals surface area contributed by atoms with E-state index in [4.69, 9.17) is 23.7 Å². The van der Waals surface area contributed by atoms with Gasteiger partial charge in [-0.2, -0.15) is 0 Å². The first-order valence-electron chi connectivity index (χ1n) is 10.1. The van der Waals surface area contributed by atoms with E-state index in [2.05, 4.69) is 15.4 Å². The molecule has 0 aromatic rings. The molecule has 31 heavy (non-hydrogen) atoms. The molecular formula is C20H30N2O9. The zero-order valence-corrected chi connectivity index (χ0v) is 18.5. The Morgan fingerprint density at radius 1 is 1.00 bits per heavy atom. The molecule has 3 rings (SSSR count). The first-order chi connectivity index (χ1) is 14.4. The van der Waals surface area contributed by atoms with Crippen molar-refractivity contribution in [2.75, 3.05) is 13.7 Å². The van der Waals surface area contributed by atoms with Gasteiger partial charge in [-0.1, -0.05) is 0 Å². The van der Waals surface area contributed by atoms with Crippen LogP contribution < -0.4 is 10.6 Å². The average Bonchev–Trinajstić information content (AvgIpc) is 3.17. The van der Waals surface area contributed by atoms with E-state index in [0.717, 1.165) is 0 Å². The molecule has 0 aromatic carbocycles. The lowest BCUT2D eigenvalue weighted by atomic mass is 9.98. The van der Waals surface area contributed by atoms with Gasteiger partial charge in [0.05, 0.1) is 7.11 Å². The van der Waals surface area contributed by atoms with Crippen molar-refractivity contribution in [3.63, 3.8) is 0 Å². The fourth-order valence-electron chi connectivity index (χ4n) is 3.69. The molecule has 6 atom stereocenters. The van der Waals surface area contributed by atoms with Gasteiger partial charge in [-0.3, -0.25) is 14.4 Å². The van der Waals surface area contributed by atoms with Crippen molar-refractivity contribution in [1.29, 1.82) is 0 Å². The largest absolute Gasteiger partial charge is 0.468 e. The summed E-state index contributed by atoms with van der Waals surface area (Å²) in [6, 6.07) is -0.858. The number of carbonyl (C=O) groups is 3. The molecule has 3 fully saturated rings. The maximum absolute atomic E-state index is 12.3. The Morgan fingerprint density at radius 3 is 2.29 bits per heavy atom. The summed E-state index contributed by atoms with van der Waals surface area (Å²) in [4.78, 5) is 35.4. The average molecular weight is 442 g/mol. The number of ether oxygens (including phenoxy) is 6. The number of amides is 2. The zero-order chi connectivity index (χ0) is 23.0. The Morgan fingerprint density at radius 2 is 1.61 bits per heavy atom. The Kier molecular flexibility index (Phi) is 6.72. The van der Waals surface area contributed by atoms with E-state index in [1.165, 1.54) is 20.1 Å². The van der Waals surface area contributed by atoms with Crippen molar-refractivity contribution < 1.29 is 42.8 Å². The number of nitrogens with one attached hydrogen (secondary N) is 2. The maximum atomic E-state index is 12.3. The SMILES string of the molecule is COC(=O)CNC(=O)[C@H](C)NC(=O)/C=C/[C@H]1O[C@@H]2OC(C)(C)O[C@@H]2[C@H]2OC(C)(C)O[C@H]21.